The van der Waals surface area contributed by atoms with Crippen molar-refractivity contribution in [2.24, 2.45) is 0 Å². The van der Waals surface area contributed by atoms with Crippen molar-refractivity contribution in [2.45, 2.75) is 39.2 Å². The van der Waals surface area contributed by atoms with Gasteiger partial charge in [0.15, 0.2) is 0 Å². The van der Waals surface area contributed by atoms with Crippen LogP contribution >= 0.6 is 0 Å². The molecule has 0 saturated heterocycles. The zero-order valence-electron chi connectivity index (χ0n) is 12.0. The van der Waals surface area contributed by atoms with E-state index in [4.69, 9.17) is 0 Å². The monoisotopic (exact) mass is 249 g/mol. The van der Waals surface area contributed by atoms with E-state index in [-0.39, 0.29) is 0 Å². The number of pyridine rings is 1. The zero-order chi connectivity index (χ0) is 13.2. The van der Waals surface area contributed by atoms with E-state index >= 15 is 0 Å². The largest absolute Gasteiger partial charge is 0.317 e. The molecule has 0 saturated carbocycles. The maximum Gasteiger partial charge on any atom is 0.0270 e. The summed E-state index contributed by atoms with van der Waals surface area (Å²) in [5.41, 5.74) is 1.37. The van der Waals surface area contributed by atoms with Crippen molar-refractivity contribution < 1.29 is 0 Å². The van der Waals surface area contributed by atoms with Crippen LogP contribution in [0, 0.1) is 0 Å². The first-order chi connectivity index (χ1) is 8.74. The van der Waals surface area contributed by atoms with E-state index in [1.165, 1.54) is 18.4 Å². The molecule has 1 N–H and O–H groups in total. The Morgan fingerprint density at radius 1 is 1.28 bits per heavy atom. The third-order valence-electron chi connectivity index (χ3n) is 3.42. The average Bonchev–Trinajstić information content (AvgIpc) is 2.42. The number of likely N-dealkylation sites (N-methyl/N-ethyl adjacent to an activating group) is 1. The van der Waals surface area contributed by atoms with Crippen molar-refractivity contribution >= 4 is 0 Å². The van der Waals surface area contributed by atoms with Gasteiger partial charge in [0.1, 0.15) is 0 Å². The molecule has 0 amide bonds. The van der Waals surface area contributed by atoms with E-state index in [0.717, 1.165) is 26.1 Å². The van der Waals surface area contributed by atoms with Gasteiger partial charge in [-0.2, -0.15) is 0 Å². The molecule has 0 spiro atoms. The van der Waals surface area contributed by atoms with E-state index < -0.39 is 0 Å². The van der Waals surface area contributed by atoms with Gasteiger partial charge in [-0.15, -0.1) is 0 Å². The fourth-order valence-electron chi connectivity index (χ4n) is 1.91. The molecule has 0 aliphatic carbocycles. The lowest BCUT2D eigenvalue weighted by Gasteiger charge is -2.24. The van der Waals surface area contributed by atoms with Crippen molar-refractivity contribution in [2.75, 3.05) is 26.7 Å². The Balaban J connectivity index is 2.17. The second-order valence-electron chi connectivity index (χ2n) is 4.97. The fraction of sp³-hybridized carbons (Fsp3) is 0.667. The van der Waals surface area contributed by atoms with Gasteiger partial charge in [0.2, 0.25) is 0 Å². The molecular formula is C15H27N3. The Kier molecular flexibility index (Phi) is 7.62. The van der Waals surface area contributed by atoms with Gasteiger partial charge in [-0.25, -0.2) is 0 Å². The van der Waals surface area contributed by atoms with E-state index in [1.807, 2.05) is 12.4 Å². The van der Waals surface area contributed by atoms with Gasteiger partial charge in [0.25, 0.3) is 0 Å². The molecule has 1 aromatic rings. The van der Waals surface area contributed by atoms with Crippen LogP contribution in [0.1, 0.15) is 32.3 Å². The molecule has 0 aliphatic heterocycles. The van der Waals surface area contributed by atoms with Crippen LogP contribution in [0.2, 0.25) is 0 Å². The first-order valence-electron chi connectivity index (χ1n) is 7.04. The van der Waals surface area contributed by atoms with Crippen LogP contribution in [-0.2, 0) is 6.42 Å². The molecule has 1 rings (SSSR count). The molecule has 0 aromatic carbocycles. The van der Waals surface area contributed by atoms with Crippen LogP contribution in [0.25, 0.3) is 0 Å². The minimum absolute atomic E-state index is 0.635. The van der Waals surface area contributed by atoms with Crippen molar-refractivity contribution in [3.05, 3.63) is 30.1 Å². The number of nitrogens with zero attached hydrogens (tertiary/aromatic N) is 2. The standard InChI is InChI=1S/C15H27N3/c1-4-9-16-10-5-14(2)18(3)13-8-15-6-11-17-12-7-15/h6-7,11-12,14,16H,4-5,8-10,13H2,1-3H3. The summed E-state index contributed by atoms with van der Waals surface area (Å²) in [6.45, 7) is 7.87. The van der Waals surface area contributed by atoms with Gasteiger partial charge >= 0.3 is 0 Å². The normalized spacial score (nSPS) is 12.9. The Labute approximate surface area is 112 Å². The molecule has 1 aromatic heterocycles. The Morgan fingerprint density at radius 3 is 2.67 bits per heavy atom. The summed E-state index contributed by atoms with van der Waals surface area (Å²) >= 11 is 0. The van der Waals surface area contributed by atoms with Gasteiger partial charge in [-0.3, -0.25) is 4.98 Å². The van der Waals surface area contributed by atoms with Crippen molar-refractivity contribution in [1.29, 1.82) is 0 Å². The van der Waals surface area contributed by atoms with Gasteiger partial charge in [0.05, 0.1) is 0 Å². The third kappa shape index (κ3) is 6.12. The molecule has 3 heteroatoms. The number of rotatable bonds is 9. The molecule has 1 atom stereocenters. The molecular weight excluding hydrogens is 222 g/mol. The van der Waals surface area contributed by atoms with Crippen molar-refractivity contribution in [1.82, 2.24) is 15.2 Å². The van der Waals surface area contributed by atoms with Gasteiger partial charge in [-0.1, -0.05) is 6.92 Å². The Morgan fingerprint density at radius 2 is 2.00 bits per heavy atom. The number of nitrogens with one attached hydrogen (secondary N) is 1. The summed E-state index contributed by atoms with van der Waals surface area (Å²) in [7, 11) is 2.21. The summed E-state index contributed by atoms with van der Waals surface area (Å²) in [4.78, 5) is 6.48. The minimum Gasteiger partial charge on any atom is -0.317 e. The lowest BCUT2D eigenvalue weighted by Crippen LogP contribution is -2.33. The lowest BCUT2D eigenvalue weighted by molar-refractivity contribution is 0.247. The van der Waals surface area contributed by atoms with Crippen molar-refractivity contribution in [3.63, 3.8) is 0 Å². The number of hydrogen-bond acceptors (Lipinski definition) is 3. The van der Waals surface area contributed by atoms with E-state index in [9.17, 15) is 0 Å². The Hall–Kier alpha value is -0.930. The summed E-state index contributed by atoms with van der Waals surface area (Å²) in [5, 5.41) is 3.46. The highest BCUT2D eigenvalue weighted by molar-refractivity contribution is 5.09. The minimum atomic E-state index is 0.635. The van der Waals surface area contributed by atoms with E-state index in [2.05, 4.69) is 48.2 Å². The van der Waals surface area contributed by atoms with E-state index in [1.54, 1.807) is 0 Å². The molecule has 102 valence electrons. The predicted octanol–water partition coefficient (Wildman–Crippen LogP) is 2.33. The fourth-order valence-corrected chi connectivity index (χ4v) is 1.91. The maximum absolute atomic E-state index is 4.04. The third-order valence-corrected chi connectivity index (χ3v) is 3.42. The second kappa shape index (κ2) is 9.06. The van der Waals surface area contributed by atoms with Crippen LogP contribution in [0.4, 0.5) is 0 Å². The summed E-state index contributed by atoms with van der Waals surface area (Å²) in [6.07, 6.45) is 7.27. The lowest BCUT2D eigenvalue weighted by atomic mass is 10.1. The van der Waals surface area contributed by atoms with Crippen LogP contribution in [0.15, 0.2) is 24.5 Å². The molecule has 3 nitrogen and oxygen atoms in total. The first-order valence-corrected chi connectivity index (χ1v) is 7.04. The summed E-state index contributed by atoms with van der Waals surface area (Å²) < 4.78 is 0. The highest BCUT2D eigenvalue weighted by Crippen LogP contribution is 2.04. The van der Waals surface area contributed by atoms with E-state index in [0.29, 0.717) is 6.04 Å². The van der Waals surface area contributed by atoms with Crippen molar-refractivity contribution in [3.8, 4) is 0 Å². The number of hydrogen-bond donors (Lipinski definition) is 1. The molecule has 0 aliphatic rings. The number of aromatic nitrogens is 1. The highest BCUT2D eigenvalue weighted by atomic mass is 15.1. The van der Waals surface area contributed by atoms with Crippen LogP contribution in [-0.4, -0.2) is 42.6 Å². The van der Waals surface area contributed by atoms with Gasteiger partial charge < -0.3 is 10.2 Å². The molecule has 0 radical (unpaired) electrons. The summed E-state index contributed by atoms with van der Waals surface area (Å²) in [6, 6.07) is 4.83. The average molecular weight is 249 g/mol. The van der Waals surface area contributed by atoms with Gasteiger partial charge in [-0.05, 0) is 64.0 Å². The SMILES string of the molecule is CCCNCCC(C)N(C)CCc1ccncc1. The van der Waals surface area contributed by atoms with Crippen LogP contribution in [0.3, 0.4) is 0 Å². The van der Waals surface area contributed by atoms with Crippen LogP contribution < -0.4 is 5.32 Å². The smallest absolute Gasteiger partial charge is 0.0270 e. The van der Waals surface area contributed by atoms with Crippen LogP contribution in [0.5, 0.6) is 0 Å². The predicted molar refractivity (Wildman–Crippen MR) is 77.8 cm³/mol. The molecule has 0 fully saturated rings. The first kappa shape index (κ1) is 15.1. The Bertz CT molecular complexity index is 300. The maximum atomic E-state index is 4.04. The second-order valence-corrected chi connectivity index (χ2v) is 4.97. The molecule has 0 bridgehead atoms. The topological polar surface area (TPSA) is 28.2 Å². The van der Waals surface area contributed by atoms with Gasteiger partial charge in [0, 0.05) is 25.0 Å². The summed E-state index contributed by atoms with van der Waals surface area (Å²) in [5.74, 6) is 0. The molecule has 18 heavy (non-hydrogen) atoms. The zero-order valence-corrected chi connectivity index (χ0v) is 12.0. The molecule has 1 heterocycles. The highest BCUT2D eigenvalue weighted by Gasteiger charge is 2.08. The quantitative estimate of drug-likeness (QED) is 0.681. The molecule has 1 unspecified atom stereocenters.